The van der Waals surface area contributed by atoms with Gasteiger partial charge in [-0.05, 0) is 12.5 Å². The maximum absolute atomic E-state index is 11.9. The average molecular weight is 232 g/mol. The van der Waals surface area contributed by atoms with Crippen molar-refractivity contribution in [3.05, 3.63) is 35.4 Å². The molecule has 2 rings (SSSR count). The molecular weight excluding hydrogens is 216 g/mol. The van der Waals surface area contributed by atoms with E-state index in [1.54, 1.807) is 7.05 Å². The van der Waals surface area contributed by atoms with Crippen molar-refractivity contribution < 1.29 is 9.59 Å². The van der Waals surface area contributed by atoms with Gasteiger partial charge in [-0.25, -0.2) is 0 Å². The van der Waals surface area contributed by atoms with Crippen LogP contribution in [-0.4, -0.2) is 36.3 Å². The highest BCUT2D eigenvalue weighted by Gasteiger charge is 2.30. The number of hydrogen-bond donors (Lipinski definition) is 1. The van der Waals surface area contributed by atoms with E-state index in [9.17, 15) is 9.59 Å². The third-order valence-corrected chi connectivity index (χ3v) is 2.95. The highest BCUT2D eigenvalue weighted by atomic mass is 16.2. The van der Waals surface area contributed by atoms with Crippen LogP contribution < -0.4 is 5.32 Å². The molecule has 0 aromatic heterocycles. The van der Waals surface area contributed by atoms with E-state index >= 15 is 0 Å². The third-order valence-electron chi connectivity index (χ3n) is 2.95. The molecule has 1 atom stereocenters. The largest absolute Gasteiger partial charge is 0.342 e. The SMILES string of the molecule is Cc1ccc(C[C@@H]2NC(=O)CN(C)C2=O)cc1. The average Bonchev–Trinajstić information content (AvgIpc) is 2.28. The van der Waals surface area contributed by atoms with Crippen molar-refractivity contribution in [3.8, 4) is 0 Å². The molecule has 1 aromatic carbocycles. The molecule has 4 nitrogen and oxygen atoms in total. The van der Waals surface area contributed by atoms with Crippen LogP contribution in [0.3, 0.4) is 0 Å². The zero-order valence-electron chi connectivity index (χ0n) is 10.1. The summed E-state index contributed by atoms with van der Waals surface area (Å²) in [6, 6.07) is 7.57. The monoisotopic (exact) mass is 232 g/mol. The summed E-state index contributed by atoms with van der Waals surface area (Å²) < 4.78 is 0. The second-order valence-corrected chi connectivity index (χ2v) is 4.50. The van der Waals surface area contributed by atoms with E-state index in [0.29, 0.717) is 6.42 Å². The lowest BCUT2D eigenvalue weighted by atomic mass is 10.0. The predicted octanol–water partition coefficient (Wildman–Crippen LogP) is 0.494. The molecule has 17 heavy (non-hydrogen) atoms. The second-order valence-electron chi connectivity index (χ2n) is 4.50. The molecule has 2 amide bonds. The van der Waals surface area contributed by atoms with Gasteiger partial charge in [0.1, 0.15) is 6.04 Å². The smallest absolute Gasteiger partial charge is 0.245 e. The fourth-order valence-electron chi connectivity index (χ4n) is 1.96. The van der Waals surface area contributed by atoms with Gasteiger partial charge in [-0.3, -0.25) is 9.59 Å². The van der Waals surface area contributed by atoms with Crippen LogP contribution in [-0.2, 0) is 16.0 Å². The zero-order chi connectivity index (χ0) is 12.4. The molecule has 1 aliphatic rings. The Morgan fingerprint density at radius 1 is 1.29 bits per heavy atom. The van der Waals surface area contributed by atoms with E-state index in [0.717, 1.165) is 5.56 Å². The molecule has 0 radical (unpaired) electrons. The van der Waals surface area contributed by atoms with Gasteiger partial charge in [0.25, 0.3) is 0 Å². The van der Waals surface area contributed by atoms with Crippen molar-refractivity contribution in [1.29, 1.82) is 0 Å². The Balaban J connectivity index is 2.09. The lowest BCUT2D eigenvalue weighted by Gasteiger charge is -2.29. The number of rotatable bonds is 2. The van der Waals surface area contributed by atoms with Crippen molar-refractivity contribution in [3.63, 3.8) is 0 Å². The Morgan fingerprint density at radius 2 is 1.94 bits per heavy atom. The van der Waals surface area contributed by atoms with Crippen molar-refractivity contribution in [2.24, 2.45) is 0 Å². The summed E-state index contributed by atoms with van der Waals surface area (Å²) in [5.74, 6) is -0.116. The Morgan fingerprint density at radius 3 is 2.59 bits per heavy atom. The molecule has 1 heterocycles. The minimum Gasteiger partial charge on any atom is -0.342 e. The number of carbonyl (C=O) groups excluding carboxylic acids is 2. The first-order valence-electron chi connectivity index (χ1n) is 5.66. The number of amides is 2. The number of aryl methyl sites for hydroxylation is 1. The second kappa shape index (κ2) is 4.57. The molecule has 1 aliphatic heterocycles. The van der Waals surface area contributed by atoms with Gasteiger partial charge in [-0.2, -0.15) is 0 Å². The van der Waals surface area contributed by atoms with Gasteiger partial charge in [0, 0.05) is 13.5 Å². The molecular formula is C13H16N2O2. The molecule has 0 saturated carbocycles. The number of likely N-dealkylation sites (N-methyl/N-ethyl adjacent to an activating group) is 1. The first kappa shape index (κ1) is 11.6. The van der Waals surface area contributed by atoms with Crippen LogP contribution in [0.15, 0.2) is 24.3 Å². The number of piperazine rings is 1. The van der Waals surface area contributed by atoms with Crippen LogP contribution in [0.4, 0.5) is 0 Å². The van der Waals surface area contributed by atoms with Gasteiger partial charge in [0.2, 0.25) is 11.8 Å². The van der Waals surface area contributed by atoms with Gasteiger partial charge in [-0.1, -0.05) is 29.8 Å². The van der Waals surface area contributed by atoms with Crippen molar-refractivity contribution >= 4 is 11.8 Å². The highest BCUT2D eigenvalue weighted by Crippen LogP contribution is 2.09. The van der Waals surface area contributed by atoms with Gasteiger partial charge in [0.15, 0.2) is 0 Å². The molecule has 0 aliphatic carbocycles. The van der Waals surface area contributed by atoms with Crippen LogP contribution in [0, 0.1) is 6.92 Å². The first-order chi connectivity index (χ1) is 8.06. The molecule has 0 unspecified atom stereocenters. The molecule has 1 saturated heterocycles. The minimum absolute atomic E-state index is 0.0230. The molecule has 4 heteroatoms. The van der Waals surface area contributed by atoms with Crippen LogP contribution in [0.25, 0.3) is 0 Å². The summed E-state index contributed by atoms with van der Waals surface area (Å²) in [6.07, 6.45) is 0.551. The van der Waals surface area contributed by atoms with Crippen LogP contribution in [0.2, 0.25) is 0 Å². The number of nitrogens with one attached hydrogen (secondary N) is 1. The van der Waals surface area contributed by atoms with E-state index in [1.165, 1.54) is 10.5 Å². The summed E-state index contributed by atoms with van der Waals surface area (Å²) in [5.41, 5.74) is 2.24. The minimum atomic E-state index is -0.427. The van der Waals surface area contributed by atoms with E-state index in [-0.39, 0.29) is 18.4 Å². The van der Waals surface area contributed by atoms with E-state index in [4.69, 9.17) is 0 Å². The predicted molar refractivity (Wildman–Crippen MR) is 64.5 cm³/mol. The lowest BCUT2D eigenvalue weighted by Crippen LogP contribution is -2.57. The lowest BCUT2D eigenvalue weighted by molar-refractivity contribution is -0.142. The molecule has 0 bridgehead atoms. The van der Waals surface area contributed by atoms with Crippen molar-refractivity contribution in [1.82, 2.24) is 10.2 Å². The molecule has 1 N–H and O–H groups in total. The van der Waals surface area contributed by atoms with Gasteiger partial charge in [0.05, 0.1) is 6.54 Å². The van der Waals surface area contributed by atoms with E-state index < -0.39 is 6.04 Å². The highest BCUT2D eigenvalue weighted by molar-refractivity contribution is 5.94. The van der Waals surface area contributed by atoms with Crippen molar-refractivity contribution in [2.45, 2.75) is 19.4 Å². The van der Waals surface area contributed by atoms with Gasteiger partial charge < -0.3 is 10.2 Å². The Kier molecular flexibility index (Phi) is 3.13. The number of nitrogens with zero attached hydrogens (tertiary/aromatic N) is 1. The fourth-order valence-corrected chi connectivity index (χ4v) is 1.96. The van der Waals surface area contributed by atoms with Crippen molar-refractivity contribution in [2.75, 3.05) is 13.6 Å². The van der Waals surface area contributed by atoms with E-state index in [1.807, 2.05) is 31.2 Å². The summed E-state index contributed by atoms with van der Waals surface area (Å²) in [4.78, 5) is 24.7. The van der Waals surface area contributed by atoms with Crippen LogP contribution in [0.1, 0.15) is 11.1 Å². The van der Waals surface area contributed by atoms with Crippen LogP contribution >= 0.6 is 0 Å². The summed E-state index contributed by atoms with van der Waals surface area (Å²) in [5, 5.41) is 2.73. The Hall–Kier alpha value is -1.84. The maximum Gasteiger partial charge on any atom is 0.245 e. The van der Waals surface area contributed by atoms with Crippen LogP contribution in [0.5, 0.6) is 0 Å². The zero-order valence-corrected chi connectivity index (χ0v) is 10.1. The quantitative estimate of drug-likeness (QED) is 0.807. The van der Waals surface area contributed by atoms with Gasteiger partial charge in [-0.15, -0.1) is 0 Å². The number of hydrogen-bond acceptors (Lipinski definition) is 2. The van der Waals surface area contributed by atoms with Gasteiger partial charge >= 0.3 is 0 Å². The molecule has 1 fully saturated rings. The Labute approximate surface area is 101 Å². The Bertz CT molecular complexity index is 439. The molecule has 1 aromatic rings. The number of carbonyl (C=O) groups is 2. The molecule has 0 spiro atoms. The maximum atomic E-state index is 11.9. The molecule has 90 valence electrons. The van der Waals surface area contributed by atoms with E-state index in [2.05, 4.69) is 5.32 Å². The third kappa shape index (κ3) is 2.64. The summed E-state index contributed by atoms with van der Waals surface area (Å²) in [7, 11) is 1.66. The first-order valence-corrected chi connectivity index (χ1v) is 5.66. The summed E-state index contributed by atoms with van der Waals surface area (Å²) >= 11 is 0. The summed E-state index contributed by atoms with van der Waals surface area (Å²) in [6.45, 7) is 2.17. The normalized spacial score (nSPS) is 20.4. The topological polar surface area (TPSA) is 49.4 Å². The number of benzene rings is 1. The fraction of sp³-hybridized carbons (Fsp3) is 0.385. The standard InChI is InChI=1S/C13H16N2O2/c1-9-3-5-10(6-4-9)7-11-13(17)15(2)8-12(16)14-11/h3-6,11H,7-8H2,1-2H3,(H,14,16)/t11-/m0/s1.